The molecule has 25 heavy (non-hydrogen) atoms. The zero-order chi connectivity index (χ0) is 18.3. The number of nitrogens with one attached hydrogen (secondary N) is 2. The molecule has 1 fully saturated rings. The first-order valence-electron chi connectivity index (χ1n) is 7.99. The van der Waals surface area contributed by atoms with Gasteiger partial charge in [-0.25, -0.2) is 0 Å². The molecule has 3 amide bonds. The lowest BCUT2D eigenvalue weighted by Gasteiger charge is -2.20. The summed E-state index contributed by atoms with van der Waals surface area (Å²) in [4.78, 5) is 29.9. The molecule has 3 aliphatic heterocycles. The first kappa shape index (κ1) is 17.6. The number of hydrogen-bond acceptors (Lipinski definition) is 7. The first-order valence-corrected chi connectivity index (χ1v) is 7.99. The highest BCUT2D eigenvalue weighted by Gasteiger charge is 2.59. The SMILES string of the molecule is CCCC[N+]1=C2C(=O)NC(=N)N=C2N([C@@H]2O[C@H](CO)[C@@H](O)[C@H]2O)C1=O. The van der Waals surface area contributed by atoms with E-state index in [1.54, 1.807) is 0 Å². The average Bonchev–Trinajstić information content (AvgIpc) is 3.00. The smallest absolute Gasteiger partial charge is 0.394 e. The van der Waals surface area contributed by atoms with Crippen molar-refractivity contribution in [1.29, 1.82) is 5.41 Å². The predicted octanol–water partition coefficient (Wildman–Crippen LogP) is -2.42. The van der Waals surface area contributed by atoms with E-state index in [2.05, 4.69) is 10.3 Å². The van der Waals surface area contributed by atoms with E-state index in [1.165, 1.54) is 4.58 Å². The molecule has 3 heterocycles. The van der Waals surface area contributed by atoms with Gasteiger partial charge in [-0.15, -0.1) is 4.90 Å². The van der Waals surface area contributed by atoms with E-state index in [0.29, 0.717) is 6.42 Å². The lowest BCUT2D eigenvalue weighted by atomic mass is 10.1. The van der Waals surface area contributed by atoms with Crippen LogP contribution in [0.25, 0.3) is 0 Å². The van der Waals surface area contributed by atoms with Crippen molar-refractivity contribution in [1.82, 2.24) is 10.2 Å². The summed E-state index contributed by atoms with van der Waals surface area (Å²) < 4.78 is 6.61. The first-order chi connectivity index (χ1) is 11.9. The lowest BCUT2D eigenvalue weighted by Crippen LogP contribution is -2.53. The standard InChI is InChI=1S/C14H19N5O6/c1-2-3-4-18-7-10(16-13(15)17-11(7)23)19(14(18)24)12-9(22)8(21)6(5-20)25-12/h6,8-9,12,20-22H,2-5H2,1H3,(H-,15,17,23)/p+1/t6-,8-,9-,12-/m1/s1. The van der Waals surface area contributed by atoms with Gasteiger partial charge in [0.05, 0.1) is 13.2 Å². The van der Waals surface area contributed by atoms with Crippen LogP contribution in [0, 0.1) is 5.41 Å². The van der Waals surface area contributed by atoms with Gasteiger partial charge in [-0.3, -0.25) is 15.5 Å². The molecule has 1 saturated heterocycles. The highest BCUT2D eigenvalue weighted by Crippen LogP contribution is 2.27. The number of aliphatic hydroxyl groups is 3. The summed E-state index contributed by atoms with van der Waals surface area (Å²) in [6.07, 6.45) is -3.85. The number of fused-ring (bicyclic) bond motifs is 1. The number of nitrogens with zero attached hydrogens (tertiary/aromatic N) is 3. The Morgan fingerprint density at radius 2 is 2.08 bits per heavy atom. The van der Waals surface area contributed by atoms with Gasteiger partial charge in [0.15, 0.2) is 0 Å². The van der Waals surface area contributed by atoms with Gasteiger partial charge in [-0.05, 0) is 6.42 Å². The second-order valence-electron chi connectivity index (χ2n) is 5.97. The van der Waals surface area contributed by atoms with Crippen molar-refractivity contribution in [3.8, 4) is 0 Å². The maximum atomic E-state index is 12.8. The number of carbonyl (C=O) groups is 2. The van der Waals surface area contributed by atoms with Crippen LogP contribution in [0.3, 0.4) is 0 Å². The van der Waals surface area contributed by atoms with Crippen molar-refractivity contribution in [3.63, 3.8) is 0 Å². The zero-order valence-corrected chi connectivity index (χ0v) is 13.5. The van der Waals surface area contributed by atoms with Crippen molar-refractivity contribution < 1.29 is 34.2 Å². The maximum absolute atomic E-state index is 12.8. The molecule has 0 aliphatic carbocycles. The van der Waals surface area contributed by atoms with Crippen molar-refractivity contribution >= 4 is 29.4 Å². The quantitative estimate of drug-likeness (QED) is 0.346. The minimum atomic E-state index is -1.49. The van der Waals surface area contributed by atoms with Crippen LogP contribution in [-0.2, 0) is 9.53 Å². The van der Waals surface area contributed by atoms with Crippen molar-refractivity contribution in [2.75, 3.05) is 13.2 Å². The van der Waals surface area contributed by atoms with Crippen LogP contribution in [0.1, 0.15) is 19.8 Å². The molecule has 11 nitrogen and oxygen atoms in total. The molecule has 0 bridgehead atoms. The van der Waals surface area contributed by atoms with Crippen LogP contribution < -0.4 is 5.32 Å². The molecule has 4 atom stereocenters. The monoisotopic (exact) mass is 354 g/mol. The van der Waals surface area contributed by atoms with Gasteiger partial charge in [0, 0.05) is 0 Å². The number of rotatable bonds is 5. The second kappa shape index (κ2) is 6.59. The molecule has 5 N–H and O–H groups in total. The third-order valence-corrected chi connectivity index (χ3v) is 4.32. The molecule has 3 rings (SSSR count). The second-order valence-corrected chi connectivity index (χ2v) is 5.97. The highest BCUT2D eigenvalue weighted by atomic mass is 16.6. The van der Waals surface area contributed by atoms with Gasteiger partial charge >= 0.3 is 11.9 Å². The normalized spacial score (nSPS) is 32.2. The number of unbranched alkanes of at least 4 members (excludes halogenated alkanes) is 1. The number of hydrogen-bond donors (Lipinski definition) is 5. The number of aliphatic imine (C=N–C) groups is 1. The summed E-state index contributed by atoms with van der Waals surface area (Å²) in [5, 5.41) is 39.2. The van der Waals surface area contributed by atoms with Crippen molar-refractivity contribution in [2.45, 2.75) is 44.3 Å². The molecular weight excluding hydrogens is 334 g/mol. The van der Waals surface area contributed by atoms with Crippen LogP contribution in [-0.4, -0.2) is 91.9 Å². The largest absolute Gasteiger partial charge is 0.502 e. The van der Waals surface area contributed by atoms with E-state index in [9.17, 15) is 24.9 Å². The Kier molecular flexibility index (Phi) is 4.64. The van der Waals surface area contributed by atoms with Gasteiger partial charge < -0.3 is 20.1 Å². The molecule has 11 heteroatoms. The summed E-state index contributed by atoms with van der Waals surface area (Å²) in [6, 6.07) is -0.637. The fraction of sp³-hybridized carbons (Fsp3) is 0.643. The number of ether oxygens (including phenoxy) is 1. The third-order valence-electron chi connectivity index (χ3n) is 4.32. The number of amidine groups is 1. The Bertz CT molecular complexity index is 689. The summed E-state index contributed by atoms with van der Waals surface area (Å²) >= 11 is 0. The summed E-state index contributed by atoms with van der Waals surface area (Å²) in [5.74, 6) is -1.19. The van der Waals surface area contributed by atoms with Crippen LogP contribution in [0.2, 0.25) is 0 Å². The van der Waals surface area contributed by atoms with Crippen LogP contribution >= 0.6 is 0 Å². The molecule has 0 aromatic heterocycles. The van der Waals surface area contributed by atoms with E-state index in [4.69, 9.17) is 10.1 Å². The summed E-state index contributed by atoms with van der Waals surface area (Å²) in [7, 11) is 0. The van der Waals surface area contributed by atoms with Gasteiger partial charge in [0.1, 0.15) is 18.3 Å². The number of urea groups is 1. The zero-order valence-electron chi connectivity index (χ0n) is 13.5. The van der Waals surface area contributed by atoms with Crippen LogP contribution in [0.15, 0.2) is 4.99 Å². The van der Waals surface area contributed by atoms with E-state index < -0.39 is 49.0 Å². The van der Waals surface area contributed by atoms with E-state index >= 15 is 0 Å². The maximum Gasteiger partial charge on any atom is 0.502 e. The Morgan fingerprint density at radius 1 is 1.36 bits per heavy atom. The fourth-order valence-electron chi connectivity index (χ4n) is 3.03. The Labute approximate surface area is 142 Å². The minimum Gasteiger partial charge on any atom is -0.394 e. The number of aliphatic hydroxyl groups excluding tert-OH is 3. The van der Waals surface area contributed by atoms with Crippen molar-refractivity contribution in [3.05, 3.63) is 0 Å². The molecule has 136 valence electrons. The van der Waals surface area contributed by atoms with Gasteiger partial charge in [0.25, 0.3) is 11.5 Å². The molecular formula is C14H20N5O6+. The van der Waals surface area contributed by atoms with Gasteiger partial charge in [-0.2, -0.15) is 14.4 Å². The lowest BCUT2D eigenvalue weighted by molar-refractivity contribution is -0.429. The number of amides is 3. The summed E-state index contributed by atoms with van der Waals surface area (Å²) in [5.41, 5.74) is -0.0211. The molecule has 0 spiro atoms. The fourth-order valence-corrected chi connectivity index (χ4v) is 3.03. The predicted molar refractivity (Wildman–Crippen MR) is 83.3 cm³/mol. The third kappa shape index (κ3) is 2.74. The molecule has 0 aromatic carbocycles. The molecule has 0 aromatic rings. The van der Waals surface area contributed by atoms with E-state index in [1.807, 2.05) is 6.92 Å². The summed E-state index contributed by atoms with van der Waals surface area (Å²) in [6.45, 7) is 1.64. The van der Waals surface area contributed by atoms with Crippen LogP contribution in [0.5, 0.6) is 0 Å². The Hall–Kier alpha value is -2.21. The molecule has 0 radical (unpaired) electrons. The Morgan fingerprint density at radius 3 is 2.68 bits per heavy atom. The van der Waals surface area contributed by atoms with E-state index in [-0.39, 0.29) is 18.1 Å². The van der Waals surface area contributed by atoms with Crippen LogP contribution in [0.4, 0.5) is 4.79 Å². The van der Waals surface area contributed by atoms with E-state index in [0.717, 1.165) is 11.3 Å². The topological polar surface area (TPSA) is 159 Å². The number of guanidine groups is 1. The highest BCUT2D eigenvalue weighted by molar-refractivity contribution is 6.70. The van der Waals surface area contributed by atoms with Gasteiger partial charge in [0.2, 0.25) is 12.2 Å². The molecule has 0 unspecified atom stereocenters. The van der Waals surface area contributed by atoms with Crippen molar-refractivity contribution in [2.24, 2.45) is 4.99 Å². The molecule has 0 saturated carbocycles. The minimum absolute atomic E-state index is 0.0211. The van der Waals surface area contributed by atoms with Gasteiger partial charge in [-0.1, -0.05) is 13.3 Å². The molecule has 3 aliphatic rings. The number of carbonyl (C=O) groups excluding carboxylic acids is 2. The Balaban J connectivity index is 2.01. The average molecular weight is 354 g/mol.